The normalized spacial score (nSPS) is 18.4. The minimum Gasteiger partial charge on any atom is -0.490 e. The largest absolute Gasteiger partial charge is 0.490 e. The Bertz CT molecular complexity index is 1190. The summed E-state index contributed by atoms with van der Waals surface area (Å²) in [4.78, 5) is 4.86. The number of rotatable bonds is 12. The zero-order valence-electron chi connectivity index (χ0n) is 23.7. The van der Waals surface area contributed by atoms with Crippen molar-refractivity contribution in [3.63, 3.8) is 0 Å². The van der Waals surface area contributed by atoms with Gasteiger partial charge in [0.1, 0.15) is 24.2 Å². The maximum atomic E-state index is 10.7. The molecule has 1 unspecified atom stereocenters. The van der Waals surface area contributed by atoms with Gasteiger partial charge in [0.2, 0.25) is 0 Å². The molecule has 1 atom stereocenters. The van der Waals surface area contributed by atoms with Crippen molar-refractivity contribution in [2.75, 3.05) is 46.4 Å². The van der Waals surface area contributed by atoms with Crippen molar-refractivity contribution in [1.82, 2.24) is 15.0 Å². The number of ether oxygens (including phenoxy) is 2. The zero-order chi connectivity index (χ0) is 27.6. The van der Waals surface area contributed by atoms with Crippen molar-refractivity contribution >= 4 is 12.2 Å². The maximum absolute atomic E-state index is 10.7. The average Bonchev–Trinajstić information content (AvgIpc) is 3.45. The van der Waals surface area contributed by atoms with Crippen molar-refractivity contribution in [2.45, 2.75) is 57.3 Å². The van der Waals surface area contributed by atoms with E-state index in [9.17, 15) is 5.11 Å². The summed E-state index contributed by atoms with van der Waals surface area (Å²) in [5.41, 5.74) is 4.58. The third-order valence-corrected chi connectivity index (χ3v) is 8.04. The van der Waals surface area contributed by atoms with Crippen LogP contribution in [0.2, 0.25) is 0 Å². The molecule has 40 heavy (non-hydrogen) atoms. The second-order valence-electron chi connectivity index (χ2n) is 11.1. The summed E-state index contributed by atoms with van der Waals surface area (Å²) in [5.74, 6) is 2.15. The highest BCUT2D eigenvalue weighted by atomic mass is 16.5. The van der Waals surface area contributed by atoms with E-state index in [2.05, 4.69) is 39.2 Å². The van der Waals surface area contributed by atoms with Crippen LogP contribution in [-0.2, 0) is 17.9 Å². The number of aromatic nitrogens is 1. The minimum absolute atomic E-state index is 0.249. The molecule has 2 heterocycles. The number of nitrogens with zero attached hydrogens (tertiary/aromatic N) is 3. The van der Waals surface area contributed by atoms with E-state index in [0.29, 0.717) is 18.9 Å². The highest BCUT2D eigenvalue weighted by Gasteiger charge is 2.20. The van der Waals surface area contributed by atoms with Crippen LogP contribution in [0.25, 0.3) is 12.2 Å². The molecule has 3 aromatic rings. The summed E-state index contributed by atoms with van der Waals surface area (Å²) < 4.78 is 16.4. The molecule has 2 aromatic carbocycles. The summed E-state index contributed by atoms with van der Waals surface area (Å²) in [6.45, 7) is 6.21. The first-order valence-electron chi connectivity index (χ1n) is 14.7. The molecule has 0 spiro atoms. The number of methoxy groups -OCH3 is 1. The molecule has 2 fully saturated rings. The fraction of sp³-hybridized carbons (Fsp3) is 0.485. The molecule has 1 aromatic heterocycles. The first kappa shape index (κ1) is 28.6. The van der Waals surface area contributed by atoms with E-state index in [1.54, 1.807) is 7.11 Å². The lowest BCUT2D eigenvalue weighted by molar-refractivity contribution is 0.0446. The SMILES string of the molecule is COCc1cc(/C=C/c2ccccc2OCC(O)CN2CCN(Cc3ccc(C4CCCCC4)cc3)CC2)on1. The second kappa shape index (κ2) is 14.6. The van der Waals surface area contributed by atoms with Gasteiger partial charge in [0.05, 0.1) is 6.61 Å². The molecule has 1 aliphatic carbocycles. The van der Waals surface area contributed by atoms with Gasteiger partial charge in [0.25, 0.3) is 0 Å². The number of hydrogen-bond acceptors (Lipinski definition) is 7. The van der Waals surface area contributed by atoms with Gasteiger partial charge in [-0.15, -0.1) is 0 Å². The Morgan fingerprint density at radius 3 is 2.50 bits per heavy atom. The molecular formula is C33H43N3O4. The fourth-order valence-corrected chi connectivity index (χ4v) is 5.80. The highest BCUT2D eigenvalue weighted by Crippen LogP contribution is 2.32. The molecule has 214 valence electrons. The molecule has 0 radical (unpaired) electrons. The molecule has 1 saturated heterocycles. The topological polar surface area (TPSA) is 71.2 Å². The third kappa shape index (κ3) is 8.27. The van der Waals surface area contributed by atoms with Gasteiger partial charge in [-0.05, 0) is 48.1 Å². The number of aliphatic hydroxyl groups is 1. The van der Waals surface area contributed by atoms with Gasteiger partial charge in [0.15, 0.2) is 5.76 Å². The van der Waals surface area contributed by atoms with Crippen LogP contribution in [-0.4, -0.2) is 72.6 Å². The van der Waals surface area contributed by atoms with Crippen LogP contribution in [0, 0.1) is 0 Å². The van der Waals surface area contributed by atoms with Gasteiger partial charge < -0.3 is 19.1 Å². The Morgan fingerprint density at radius 1 is 0.975 bits per heavy atom. The summed E-state index contributed by atoms with van der Waals surface area (Å²) in [6, 6.07) is 19.0. The molecule has 7 nitrogen and oxygen atoms in total. The van der Waals surface area contributed by atoms with Gasteiger partial charge >= 0.3 is 0 Å². The van der Waals surface area contributed by atoms with Crippen LogP contribution < -0.4 is 4.74 Å². The summed E-state index contributed by atoms with van der Waals surface area (Å²) in [6.07, 6.45) is 10.1. The van der Waals surface area contributed by atoms with Crippen LogP contribution in [0.1, 0.15) is 66.2 Å². The van der Waals surface area contributed by atoms with E-state index >= 15 is 0 Å². The Kier molecular flexibility index (Phi) is 10.4. The molecular weight excluding hydrogens is 502 g/mol. The van der Waals surface area contributed by atoms with Crippen LogP contribution in [0.15, 0.2) is 59.1 Å². The van der Waals surface area contributed by atoms with Gasteiger partial charge in [0, 0.05) is 58.0 Å². The average molecular weight is 546 g/mol. The van der Waals surface area contributed by atoms with Crippen LogP contribution >= 0.6 is 0 Å². The first-order valence-corrected chi connectivity index (χ1v) is 14.7. The van der Waals surface area contributed by atoms with E-state index < -0.39 is 6.10 Å². The Morgan fingerprint density at radius 2 is 1.73 bits per heavy atom. The highest BCUT2D eigenvalue weighted by molar-refractivity contribution is 5.70. The summed E-state index contributed by atoms with van der Waals surface area (Å²) in [5, 5.41) is 14.7. The zero-order valence-corrected chi connectivity index (χ0v) is 23.7. The molecule has 5 rings (SSSR count). The van der Waals surface area contributed by atoms with Crippen LogP contribution in [0.4, 0.5) is 0 Å². The van der Waals surface area contributed by atoms with Crippen molar-refractivity contribution in [3.05, 3.63) is 82.7 Å². The lowest BCUT2D eigenvalue weighted by Crippen LogP contribution is -2.48. The lowest BCUT2D eigenvalue weighted by Gasteiger charge is -2.35. The molecule has 1 N–H and O–H groups in total. The Hall–Kier alpha value is -2.97. The molecule has 2 aliphatic rings. The number of piperazine rings is 1. The first-order chi connectivity index (χ1) is 19.7. The van der Waals surface area contributed by atoms with E-state index in [-0.39, 0.29) is 6.61 Å². The molecule has 7 heteroatoms. The van der Waals surface area contributed by atoms with E-state index in [0.717, 1.165) is 55.6 Å². The van der Waals surface area contributed by atoms with Crippen LogP contribution in [0.3, 0.4) is 0 Å². The number of para-hydroxylation sites is 1. The fourth-order valence-electron chi connectivity index (χ4n) is 5.80. The van der Waals surface area contributed by atoms with Crippen LogP contribution in [0.5, 0.6) is 5.75 Å². The van der Waals surface area contributed by atoms with Crippen molar-refractivity contribution in [2.24, 2.45) is 0 Å². The number of benzene rings is 2. The maximum Gasteiger partial charge on any atom is 0.160 e. The minimum atomic E-state index is -0.554. The predicted octanol–water partition coefficient (Wildman–Crippen LogP) is 5.60. The predicted molar refractivity (Wildman–Crippen MR) is 158 cm³/mol. The number of hydrogen-bond donors (Lipinski definition) is 1. The Labute approximate surface area is 238 Å². The number of aliphatic hydroxyl groups excluding tert-OH is 1. The monoisotopic (exact) mass is 545 g/mol. The number of β-amino-alcohol motifs (C(OH)–C–C–N with tert-alkyl or cyclic N) is 1. The second-order valence-corrected chi connectivity index (χ2v) is 11.1. The lowest BCUT2D eigenvalue weighted by atomic mass is 9.84. The van der Waals surface area contributed by atoms with E-state index in [1.807, 2.05) is 42.5 Å². The smallest absolute Gasteiger partial charge is 0.160 e. The molecule has 0 amide bonds. The van der Waals surface area contributed by atoms with E-state index in [4.69, 9.17) is 14.0 Å². The van der Waals surface area contributed by atoms with Gasteiger partial charge in [-0.1, -0.05) is 66.9 Å². The third-order valence-electron chi connectivity index (χ3n) is 8.04. The summed E-state index contributed by atoms with van der Waals surface area (Å²) in [7, 11) is 1.63. The summed E-state index contributed by atoms with van der Waals surface area (Å²) >= 11 is 0. The quantitative estimate of drug-likeness (QED) is 0.318. The van der Waals surface area contributed by atoms with Gasteiger partial charge in [-0.2, -0.15) is 0 Å². The van der Waals surface area contributed by atoms with Gasteiger partial charge in [-0.25, -0.2) is 0 Å². The molecule has 0 bridgehead atoms. The molecule has 1 saturated carbocycles. The van der Waals surface area contributed by atoms with Crippen molar-refractivity contribution in [3.8, 4) is 5.75 Å². The Balaban J connectivity index is 1.04. The van der Waals surface area contributed by atoms with Crippen molar-refractivity contribution < 1.29 is 19.1 Å². The molecule has 1 aliphatic heterocycles. The van der Waals surface area contributed by atoms with E-state index in [1.165, 1.54) is 43.2 Å². The standard InChI is InChI=1S/C33H43N3O4/c1-38-24-30-21-32(40-34-30)16-15-29-9-5-6-10-33(29)39-25-31(37)23-36-19-17-35(18-20-36)22-26-11-13-28(14-12-26)27-7-3-2-4-8-27/h5-6,9-16,21,27,31,37H,2-4,7-8,17-20,22-25H2,1H3/b16-15+. The van der Waals surface area contributed by atoms with Gasteiger partial charge in [-0.3, -0.25) is 9.80 Å². The van der Waals surface area contributed by atoms with Crippen molar-refractivity contribution in [1.29, 1.82) is 0 Å².